The zero-order valence-electron chi connectivity index (χ0n) is 16.4. The van der Waals surface area contributed by atoms with Gasteiger partial charge in [0.1, 0.15) is 11.2 Å². The van der Waals surface area contributed by atoms with Crippen LogP contribution in [0.4, 0.5) is 5.69 Å². The summed E-state index contributed by atoms with van der Waals surface area (Å²) < 4.78 is 1.92. The van der Waals surface area contributed by atoms with E-state index in [1.807, 2.05) is 30.4 Å². The maximum atomic E-state index is 12.4. The van der Waals surface area contributed by atoms with Crippen molar-refractivity contribution in [3.63, 3.8) is 0 Å². The molecular formula is C21H21N5OS2. The first-order valence-corrected chi connectivity index (χ1v) is 11.5. The molecule has 3 heterocycles. The van der Waals surface area contributed by atoms with Gasteiger partial charge >= 0.3 is 0 Å². The Kier molecular flexibility index (Phi) is 4.75. The summed E-state index contributed by atoms with van der Waals surface area (Å²) in [6.45, 7) is 4.04. The number of fused-ring (bicyclic) bond motifs is 5. The number of anilines is 1. The summed E-state index contributed by atoms with van der Waals surface area (Å²) in [5.41, 5.74) is 5.34. The lowest BCUT2D eigenvalue weighted by atomic mass is 9.97. The Bertz CT molecular complexity index is 1240. The molecule has 1 aliphatic rings. The smallest absolute Gasteiger partial charge is 0.234 e. The molecule has 3 aromatic heterocycles. The number of nitrogens with zero attached hydrogens (tertiary/aromatic N) is 4. The molecule has 0 spiro atoms. The second kappa shape index (κ2) is 7.42. The van der Waals surface area contributed by atoms with E-state index in [4.69, 9.17) is 0 Å². The van der Waals surface area contributed by atoms with Gasteiger partial charge in [-0.1, -0.05) is 29.5 Å². The number of amides is 1. The van der Waals surface area contributed by atoms with E-state index in [2.05, 4.69) is 26.6 Å². The van der Waals surface area contributed by atoms with Gasteiger partial charge in [0.05, 0.1) is 11.1 Å². The van der Waals surface area contributed by atoms with E-state index >= 15 is 0 Å². The lowest BCUT2D eigenvalue weighted by Crippen LogP contribution is -2.15. The van der Waals surface area contributed by atoms with E-state index in [1.54, 1.807) is 17.7 Å². The molecule has 0 aliphatic heterocycles. The number of aromatic nitrogens is 4. The van der Waals surface area contributed by atoms with Crippen LogP contribution in [-0.2, 0) is 17.6 Å². The molecule has 4 aromatic rings. The molecule has 148 valence electrons. The van der Waals surface area contributed by atoms with Crippen LogP contribution in [0.3, 0.4) is 0 Å². The first-order valence-electron chi connectivity index (χ1n) is 9.74. The number of hydrogen-bond acceptors (Lipinski definition) is 6. The molecule has 5 rings (SSSR count). The van der Waals surface area contributed by atoms with Gasteiger partial charge in [0.25, 0.3) is 0 Å². The number of hydrogen-bond donors (Lipinski definition) is 1. The van der Waals surface area contributed by atoms with Gasteiger partial charge in [-0.25, -0.2) is 4.98 Å². The lowest BCUT2D eigenvalue weighted by Gasteiger charge is -2.10. The van der Waals surface area contributed by atoms with Crippen LogP contribution in [0.1, 0.15) is 34.4 Å². The molecule has 1 aromatic carbocycles. The molecule has 29 heavy (non-hydrogen) atoms. The third kappa shape index (κ3) is 3.40. The lowest BCUT2D eigenvalue weighted by molar-refractivity contribution is -0.113. The van der Waals surface area contributed by atoms with Gasteiger partial charge in [0.2, 0.25) is 5.91 Å². The number of aryl methyl sites for hydroxylation is 4. The predicted molar refractivity (Wildman–Crippen MR) is 118 cm³/mol. The Labute approximate surface area is 176 Å². The van der Waals surface area contributed by atoms with Crippen LogP contribution in [0, 0.1) is 13.8 Å². The number of carbonyl (C=O) groups is 1. The van der Waals surface area contributed by atoms with Crippen molar-refractivity contribution in [2.75, 3.05) is 11.1 Å². The quantitative estimate of drug-likeness (QED) is 0.487. The van der Waals surface area contributed by atoms with Gasteiger partial charge in [-0.3, -0.25) is 9.20 Å². The number of benzene rings is 1. The molecule has 1 N–H and O–H groups in total. The molecule has 0 radical (unpaired) electrons. The van der Waals surface area contributed by atoms with Crippen molar-refractivity contribution >= 4 is 50.6 Å². The van der Waals surface area contributed by atoms with Gasteiger partial charge in [0, 0.05) is 10.6 Å². The van der Waals surface area contributed by atoms with Crippen molar-refractivity contribution in [3.05, 3.63) is 46.1 Å². The van der Waals surface area contributed by atoms with E-state index in [9.17, 15) is 4.79 Å². The molecule has 0 unspecified atom stereocenters. The van der Waals surface area contributed by atoms with Crippen LogP contribution in [0.5, 0.6) is 0 Å². The van der Waals surface area contributed by atoms with E-state index < -0.39 is 0 Å². The van der Waals surface area contributed by atoms with Crippen LogP contribution in [0.2, 0.25) is 0 Å². The molecular weight excluding hydrogens is 402 g/mol. The van der Waals surface area contributed by atoms with Crippen LogP contribution >= 0.6 is 23.1 Å². The molecule has 0 saturated heterocycles. The predicted octanol–water partition coefficient (Wildman–Crippen LogP) is 4.57. The average Bonchev–Trinajstić information content (AvgIpc) is 3.29. The fourth-order valence-electron chi connectivity index (χ4n) is 3.90. The maximum absolute atomic E-state index is 12.4. The normalized spacial score (nSPS) is 13.7. The van der Waals surface area contributed by atoms with Gasteiger partial charge in [-0.2, -0.15) is 0 Å². The summed E-state index contributed by atoms with van der Waals surface area (Å²) in [6, 6.07) is 6.01. The number of nitrogens with one attached hydrogen (secondary N) is 1. The van der Waals surface area contributed by atoms with E-state index in [0.717, 1.165) is 40.0 Å². The number of thiophene rings is 1. The van der Waals surface area contributed by atoms with Crippen LogP contribution < -0.4 is 5.32 Å². The highest BCUT2D eigenvalue weighted by Gasteiger charge is 2.21. The van der Waals surface area contributed by atoms with Gasteiger partial charge in [-0.05, 0) is 56.7 Å². The summed E-state index contributed by atoms with van der Waals surface area (Å²) in [5.74, 6) is 0.217. The maximum Gasteiger partial charge on any atom is 0.234 e. The average molecular weight is 424 g/mol. The molecule has 1 aliphatic carbocycles. The first kappa shape index (κ1) is 18.6. The SMILES string of the molecule is Cc1ccc(NC(=O)CSc2nnc3c4c5c(sc4ncn23)CCCC5)c(C)c1. The van der Waals surface area contributed by atoms with E-state index in [0.29, 0.717) is 5.16 Å². The summed E-state index contributed by atoms with van der Waals surface area (Å²) in [5, 5.41) is 13.6. The minimum atomic E-state index is -0.0550. The zero-order chi connectivity index (χ0) is 20.0. The van der Waals surface area contributed by atoms with Crippen molar-refractivity contribution in [3.8, 4) is 0 Å². The van der Waals surface area contributed by atoms with Gasteiger partial charge in [0.15, 0.2) is 10.8 Å². The largest absolute Gasteiger partial charge is 0.325 e. The van der Waals surface area contributed by atoms with Crippen LogP contribution in [0.15, 0.2) is 29.7 Å². The summed E-state index contributed by atoms with van der Waals surface area (Å²) in [6.07, 6.45) is 6.47. The molecule has 1 amide bonds. The summed E-state index contributed by atoms with van der Waals surface area (Å²) >= 11 is 3.16. The topological polar surface area (TPSA) is 72.2 Å². The Morgan fingerprint density at radius 2 is 2.10 bits per heavy atom. The van der Waals surface area contributed by atoms with Crippen molar-refractivity contribution < 1.29 is 4.79 Å². The zero-order valence-corrected chi connectivity index (χ0v) is 18.0. The van der Waals surface area contributed by atoms with Crippen LogP contribution in [0.25, 0.3) is 15.9 Å². The van der Waals surface area contributed by atoms with Crippen molar-refractivity contribution in [2.45, 2.75) is 44.7 Å². The van der Waals surface area contributed by atoms with Crippen LogP contribution in [-0.4, -0.2) is 31.2 Å². The fraction of sp³-hybridized carbons (Fsp3) is 0.333. The third-order valence-electron chi connectivity index (χ3n) is 5.32. The van der Waals surface area contributed by atoms with E-state index in [-0.39, 0.29) is 11.7 Å². The Balaban J connectivity index is 1.37. The molecule has 0 bridgehead atoms. The standard InChI is InChI=1S/C21H21N5OS2/c1-12-7-8-15(13(2)9-12)23-17(27)10-28-21-25-24-19-18-14-5-3-4-6-16(14)29-20(18)22-11-26(19)21/h7-9,11H,3-6,10H2,1-2H3,(H,23,27). The highest BCUT2D eigenvalue weighted by atomic mass is 32.2. The minimum absolute atomic E-state index is 0.0550. The monoisotopic (exact) mass is 423 g/mol. The first-order chi connectivity index (χ1) is 14.1. The summed E-state index contributed by atoms with van der Waals surface area (Å²) in [4.78, 5) is 19.6. The molecule has 8 heteroatoms. The second-order valence-electron chi connectivity index (χ2n) is 7.47. The highest BCUT2D eigenvalue weighted by Crippen LogP contribution is 2.37. The number of rotatable bonds is 4. The van der Waals surface area contributed by atoms with Gasteiger partial charge in [-0.15, -0.1) is 21.5 Å². The van der Waals surface area contributed by atoms with E-state index in [1.165, 1.54) is 40.6 Å². The highest BCUT2D eigenvalue weighted by molar-refractivity contribution is 7.99. The van der Waals surface area contributed by atoms with Crippen molar-refractivity contribution in [1.29, 1.82) is 0 Å². The van der Waals surface area contributed by atoms with Crippen molar-refractivity contribution in [1.82, 2.24) is 19.6 Å². The minimum Gasteiger partial charge on any atom is -0.325 e. The number of thioether (sulfide) groups is 1. The molecule has 0 atom stereocenters. The molecule has 0 saturated carbocycles. The second-order valence-corrected chi connectivity index (χ2v) is 9.49. The molecule has 6 nitrogen and oxygen atoms in total. The Morgan fingerprint density at radius 3 is 2.97 bits per heavy atom. The third-order valence-corrected chi connectivity index (χ3v) is 7.46. The van der Waals surface area contributed by atoms with Gasteiger partial charge < -0.3 is 5.32 Å². The molecule has 0 fully saturated rings. The summed E-state index contributed by atoms with van der Waals surface area (Å²) in [7, 11) is 0. The fourth-order valence-corrected chi connectivity index (χ4v) is 5.83. The Morgan fingerprint density at radius 1 is 1.24 bits per heavy atom. The Hall–Kier alpha value is -2.45. The van der Waals surface area contributed by atoms with Crippen molar-refractivity contribution in [2.24, 2.45) is 0 Å². The number of carbonyl (C=O) groups excluding carboxylic acids is 1.